The number of hydrogen-bond acceptors (Lipinski definition) is 4. The number of hydrazine groups is 1. The van der Waals surface area contributed by atoms with Crippen molar-refractivity contribution in [3.8, 4) is 5.75 Å². The Hall–Kier alpha value is -3.49. The van der Waals surface area contributed by atoms with Gasteiger partial charge in [0.25, 0.3) is 5.91 Å². The zero-order valence-electron chi connectivity index (χ0n) is 18.0. The van der Waals surface area contributed by atoms with Crippen molar-refractivity contribution in [2.45, 2.75) is 6.92 Å². The molecule has 0 spiro atoms. The van der Waals surface area contributed by atoms with E-state index in [1.807, 2.05) is 79.7 Å². The standard InChI is InChI=1S/C25H21BrN4O2S/c1-16-11-12-22(32-2)20(13-16)28-25(33)29-30-23(18-8-4-3-5-9-18)27-21(24(30)31)15-17-7-6-10-19(26)14-17/h3-15H,1-2H3,(H2,28,29,33)/b21-15-. The topological polar surface area (TPSA) is 66.0 Å². The summed E-state index contributed by atoms with van der Waals surface area (Å²) >= 11 is 8.97. The van der Waals surface area contributed by atoms with E-state index in [1.54, 1.807) is 13.2 Å². The summed E-state index contributed by atoms with van der Waals surface area (Å²) in [6.45, 7) is 1.98. The Balaban J connectivity index is 1.63. The van der Waals surface area contributed by atoms with Crippen LogP contribution in [0.25, 0.3) is 6.08 Å². The SMILES string of the molecule is COc1ccc(C)cc1NC(=S)NN1C(=O)/C(=C/c2cccc(Br)c2)N=C1c1ccccc1. The number of hydrogen-bond donors (Lipinski definition) is 2. The minimum absolute atomic E-state index is 0.236. The molecule has 1 heterocycles. The van der Waals surface area contributed by atoms with E-state index in [-0.39, 0.29) is 11.0 Å². The first kappa shape index (κ1) is 22.7. The highest BCUT2D eigenvalue weighted by atomic mass is 79.9. The average molecular weight is 521 g/mol. The van der Waals surface area contributed by atoms with Crippen LogP contribution in [0.15, 0.2) is 88.0 Å². The van der Waals surface area contributed by atoms with Crippen LogP contribution < -0.4 is 15.5 Å². The van der Waals surface area contributed by atoms with Gasteiger partial charge in [0.15, 0.2) is 10.9 Å². The number of nitrogens with zero attached hydrogens (tertiary/aromatic N) is 2. The Kier molecular flexibility index (Phi) is 6.86. The van der Waals surface area contributed by atoms with Crippen molar-refractivity contribution in [2.24, 2.45) is 4.99 Å². The molecular weight excluding hydrogens is 500 g/mol. The number of thiocarbonyl (C=S) groups is 1. The Bertz CT molecular complexity index is 1270. The quantitative estimate of drug-likeness (QED) is 0.353. The number of nitrogens with one attached hydrogen (secondary N) is 2. The molecule has 166 valence electrons. The predicted molar refractivity (Wildman–Crippen MR) is 139 cm³/mol. The van der Waals surface area contributed by atoms with Crippen LogP contribution in [-0.2, 0) is 4.79 Å². The van der Waals surface area contributed by atoms with Crippen LogP contribution in [0.5, 0.6) is 5.75 Å². The first-order valence-corrected chi connectivity index (χ1v) is 11.3. The fraction of sp³-hybridized carbons (Fsp3) is 0.0800. The van der Waals surface area contributed by atoms with E-state index in [1.165, 1.54) is 5.01 Å². The number of halogens is 1. The minimum Gasteiger partial charge on any atom is -0.495 e. The molecule has 1 aliphatic rings. The molecule has 1 aliphatic heterocycles. The molecule has 6 nitrogen and oxygen atoms in total. The third-order valence-corrected chi connectivity index (χ3v) is 5.55. The molecule has 4 rings (SSSR count). The van der Waals surface area contributed by atoms with Crippen LogP contribution in [-0.4, -0.2) is 29.0 Å². The molecule has 0 atom stereocenters. The van der Waals surface area contributed by atoms with Crippen molar-refractivity contribution in [1.82, 2.24) is 10.4 Å². The van der Waals surface area contributed by atoms with Gasteiger partial charge in [0.05, 0.1) is 12.8 Å². The zero-order chi connectivity index (χ0) is 23.4. The van der Waals surface area contributed by atoms with E-state index >= 15 is 0 Å². The summed E-state index contributed by atoms with van der Waals surface area (Å²) in [6, 6.07) is 22.9. The van der Waals surface area contributed by atoms with Crippen LogP contribution in [0, 0.1) is 6.92 Å². The monoisotopic (exact) mass is 520 g/mol. The number of carbonyl (C=O) groups excluding carboxylic acids is 1. The van der Waals surface area contributed by atoms with Gasteiger partial charge in [-0.15, -0.1) is 0 Å². The molecule has 0 bridgehead atoms. The van der Waals surface area contributed by atoms with Crippen LogP contribution >= 0.6 is 28.1 Å². The number of aryl methyl sites for hydroxylation is 1. The van der Waals surface area contributed by atoms with E-state index in [9.17, 15) is 4.79 Å². The Labute approximate surface area is 206 Å². The average Bonchev–Trinajstić information content (AvgIpc) is 3.09. The molecule has 0 saturated heterocycles. The van der Waals surface area contributed by atoms with Gasteiger partial charge in [-0.05, 0) is 60.6 Å². The Morgan fingerprint density at radius 1 is 1.09 bits per heavy atom. The van der Waals surface area contributed by atoms with Gasteiger partial charge >= 0.3 is 0 Å². The van der Waals surface area contributed by atoms with E-state index < -0.39 is 0 Å². The second-order valence-corrected chi connectivity index (χ2v) is 8.62. The number of aliphatic imine (C=N–C) groups is 1. The second kappa shape index (κ2) is 9.97. The summed E-state index contributed by atoms with van der Waals surface area (Å²) in [6.07, 6.45) is 1.75. The first-order chi connectivity index (χ1) is 15.9. The fourth-order valence-corrected chi connectivity index (χ4v) is 3.95. The van der Waals surface area contributed by atoms with Gasteiger partial charge in [-0.25, -0.2) is 4.99 Å². The van der Waals surface area contributed by atoms with Gasteiger partial charge in [-0.2, -0.15) is 5.01 Å². The van der Waals surface area contributed by atoms with Crippen LogP contribution in [0.3, 0.4) is 0 Å². The number of benzene rings is 3. The summed E-state index contributed by atoms with van der Waals surface area (Å²) < 4.78 is 6.33. The zero-order valence-corrected chi connectivity index (χ0v) is 20.4. The Morgan fingerprint density at radius 2 is 1.88 bits per heavy atom. The van der Waals surface area contributed by atoms with E-state index in [0.717, 1.165) is 21.2 Å². The van der Waals surface area contributed by atoms with Crippen molar-refractivity contribution in [3.05, 3.63) is 99.7 Å². The van der Waals surface area contributed by atoms with Crippen molar-refractivity contribution >= 4 is 56.8 Å². The van der Waals surface area contributed by atoms with Crippen LogP contribution in [0.2, 0.25) is 0 Å². The molecule has 0 unspecified atom stereocenters. The number of rotatable bonds is 5. The number of amidine groups is 1. The van der Waals surface area contributed by atoms with Gasteiger partial charge in [0, 0.05) is 10.0 Å². The number of methoxy groups -OCH3 is 1. The van der Waals surface area contributed by atoms with Crippen LogP contribution in [0.4, 0.5) is 5.69 Å². The lowest BCUT2D eigenvalue weighted by atomic mass is 10.2. The van der Waals surface area contributed by atoms with Crippen molar-refractivity contribution < 1.29 is 9.53 Å². The summed E-state index contributed by atoms with van der Waals surface area (Å²) in [4.78, 5) is 17.9. The number of anilines is 1. The smallest absolute Gasteiger partial charge is 0.297 e. The van der Waals surface area contributed by atoms with E-state index in [2.05, 4.69) is 31.7 Å². The van der Waals surface area contributed by atoms with Gasteiger partial charge in [-0.3, -0.25) is 10.2 Å². The van der Waals surface area contributed by atoms with Gasteiger partial charge in [0.1, 0.15) is 11.4 Å². The second-order valence-electron chi connectivity index (χ2n) is 7.30. The Morgan fingerprint density at radius 3 is 2.61 bits per heavy atom. The fourth-order valence-electron chi connectivity index (χ4n) is 3.33. The van der Waals surface area contributed by atoms with E-state index in [0.29, 0.717) is 23.0 Å². The molecule has 33 heavy (non-hydrogen) atoms. The minimum atomic E-state index is -0.311. The molecule has 2 N–H and O–H groups in total. The van der Waals surface area contributed by atoms with E-state index in [4.69, 9.17) is 17.0 Å². The molecular formula is C25H21BrN4O2S. The van der Waals surface area contributed by atoms with Crippen molar-refractivity contribution in [1.29, 1.82) is 0 Å². The van der Waals surface area contributed by atoms with Crippen molar-refractivity contribution in [3.63, 3.8) is 0 Å². The maximum Gasteiger partial charge on any atom is 0.297 e. The summed E-state index contributed by atoms with van der Waals surface area (Å²) in [7, 11) is 1.59. The molecule has 3 aromatic carbocycles. The lowest BCUT2D eigenvalue weighted by molar-refractivity contribution is -0.123. The highest BCUT2D eigenvalue weighted by Gasteiger charge is 2.32. The number of ether oxygens (including phenoxy) is 1. The molecule has 0 aliphatic carbocycles. The van der Waals surface area contributed by atoms with Gasteiger partial charge in [-0.1, -0.05) is 64.5 Å². The molecule has 3 aromatic rings. The van der Waals surface area contributed by atoms with Gasteiger partial charge in [0.2, 0.25) is 0 Å². The molecule has 8 heteroatoms. The summed E-state index contributed by atoms with van der Waals surface area (Å²) in [5.41, 5.74) is 6.68. The largest absolute Gasteiger partial charge is 0.495 e. The third kappa shape index (κ3) is 5.30. The molecule has 0 saturated carbocycles. The first-order valence-electron chi connectivity index (χ1n) is 10.1. The maximum absolute atomic E-state index is 13.3. The number of amides is 1. The predicted octanol–water partition coefficient (Wildman–Crippen LogP) is 5.30. The molecule has 1 amide bonds. The normalized spacial score (nSPS) is 14.3. The summed E-state index contributed by atoms with van der Waals surface area (Å²) in [5, 5.41) is 4.71. The highest BCUT2D eigenvalue weighted by Crippen LogP contribution is 2.26. The molecule has 0 fully saturated rings. The number of carbonyl (C=O) groups is 1. The van der Waals surface area contributed by atoms with Crippen molar-refractivity contribution in [2.75, 3.05) is 12.4 Å². The van der Waals surface area contributed by atoms with Gasteiger partial charge < -0.3 is 10.1 Å². The summed E-state index contributed by atoms with van der Waals surface area (Å²) in [5.74, 6) is 0.793. The lowest BCUT2D eigenvalue weighted by Gasteiger charge is -2.22. The molecule has 0 radical (unpaired) electrons. The third-order valence-electron chi connectivity index (χ3n) is 4.86. The van der Waals surface area contributed by atoms with Crippen LogP contribution in [0.1, 0.15) is 16.7 Å². The maximum atomic E-state index is 13.3. The highest BCUT2D eigenvalue weighted by molar-refractivity contribution is 9.10. The molecule has 0 aromatic heterocycles. The lowest BCUT2D eigenvalue weighted by Crippen LogP contribution is -2.49.